The van der Waals surface area contributed by atoms with Crippen molar-refractivity contribution >= 4 is 15.9 Å². The van der Waals surface area contributed by atoms with Crippen molar-refractivity contribution in [3.8, 4) is 5.88 Å². The number of ether oxygens (including phenoxy) is 1. The Morgan fingerprint density at radius 1 is 1.24 bits per heavy atom. The third kappa shape index (κ3) is 4.17. The third-order valence-electron chi connectivity index (χ3n) is 3.69. The SMILES string of the molecule is COc1ccc(S(=O)(=O)NC(=O)C2CCCCCC2)cn1. The molecule has 1 saturated carbocycles. The molecule has 0 aromatic carbocycles. The zero-order valence-electron chi connectivity index (χ0n) is 12.0. The molecule has 0 spiro atoms. The Morgan fingerprint density at radius 3 is 2.43 bits per heavy atom. The highest BCUT2D eigenvalue weighted by molar-refractivity contribution is 7.90. The van der Waals surface area contributed by atoms with Gasteiger partial charge in [-0.25, -0.2) is 18.1 Å². The molecule has 0 bridgehead atoms. The van der Waals surface area contributed by atoms with Crippen molar-refractivity contribution in [1.82, 2.24) is 9.71 Å². The van der Waals surface area contributed by atoms with Gasteiger partial charge in [0, 0.05) is 12.0 Å². The fourth-order valence-electron chi connectivity index (χ4n) is 2.46. The lowest BCUT2D eigenvalue weighted by atomic mass is 10.0. The van der Waals surface area contributed by atoms with Gasteiger partial charge in [-0.2, -0.15) is 0 Å². The molecule has 1 N–H and O–H groups in total. The molecule has 1 aromatic rings. The summed E-state index contributed by atoms with van der Waals surface area (Å²) in [6.45, 7) is 0. The van der Waals surface area contributed by atoms with Crippen LogP contribution in [0, 0.1) is 5.92 Å². The maximum atomic E-state index is 12.2. The van der Waals surface area contributed by atoms with E-state index in [9.17, 15) is 13.2 Å². The highest BCUT2D eigenvalue weighted by Crippen LogP contribution is 2.23. The molecular formula is C14H20N2O4S. The van der Waals surface area contributed by atoms with Gasteiger partial charge in [-0.3, -0.25) is 4.79 Å². The van der Waals surface area contributed by atoms with Crippen molar-refractivity contribution in [3.05, 3.63) is 18.3 Å². The molecule has 0 unspecified atom stereocenters. The minimum Gasteiger partial charge on any atom is -0.481 e. The van der Waals surface area contributed by atoms with Crippen LogP contribution in [0.3, 0.4) is 0 Å². The zero-order valence-corrected chi connectivity index (χ0v) is 12.9. The van der Waals surface area contributed by atoms with E-state index in [0.29, 0.717) is 5.88 Å². The number of aromatic nitrogens is 1. The summed E-state index contributed by atoms with van der Waals surface area (Å²) in [7, 11) is -2.41. The predicted octanol–water partition coefficient (Wildman–Crippen LogP) is 1.87. The number of methoxy groups -OCH3 is 1. The molecule has 0 aliphatic heterocycles. The molecule has 1 heterocycles. The highest BCUT2D eigenvalue weighted by atomic mass is 32.2. The van der Waals surface area contributed by atoms with Crippen LogP contribution in [-0.4, -0.2) is 26.4 Å². The Balaban J connectivity index is 2.06. The van der Waals surface area contributed by atoms with Crippen molar-refractivity contribution in [2.45, 2.75) is 43.4 Å². The van der Waals surface area contributed by atoms with Crippen LogP contribution in [0.1, 0.15) is 38.5 Å². The van der Waals surface area contributed by atoms with Crippen LogP contribution in [-0.2, 0) is 14.8 Å². The van der Waals surface area contributed by atoms with E-state index < -0.39 is 15.9 Å². The second-order valence-electron chi connectivity index (χ2n) is 5.19. The number of hydrogen-bond acceptors (Lipinski definition) is 5. The Bertz CT molecular complexity index is 575. The molecule has 1 amide bonds. The number of nitrogens with one attached hydrogen (secondary N) is 1. The van der Waals surface area contributed by atoms with Crippen LogP contribution in [0.5, 0.6) is 5.88 Å². The van der Waals surface area contributed by atoms with Crippen LogP contribution in [0.15, 0.2) is 23.2 Å². The average molecular weight is 312 g/mol. The van der Waals surface area contributed by atoms with Crippen LogP contribution in [0.2, 0.25) is 0 Å². The molecule has 0 radical (unpaired) electrons. The van der Waals surface area contributed by atoms with Gasteiger partial charge in [-0.05, 0) is 18.9 Å². The Morgan fingerprint density at radius 2 is 1.90 bits per heavy atom. The fraction of sp³-hybridized carbons (Fsp3) is 0.571. The van der Waals surface area contributed by atoms with E-state index in [2.05, 4.69) is 9.71 Å². The summed E-state index contributed by atoms with van der Waals surface area (Å²) in [6.07, 6.45) is 6.86. The number of nitrogens with zero attached hydrogens (tertiary/aromatic N) is 1. The lowest BCUT2D eigenvalue weighted by Gasteiger charge is -2.14. The maximum absolute atomic E-state index is 12.2. The normalized spacial score (nSPS) is 17.0. The molecule has 7 heteroatoms. The number of hydrogen-bond donors (Lipinski definition) is 1. The van der Waals surface area contributed by atoms with Gasteiger partial charge in [0.15, 0.2) is 0 Å². The van der Waals surface area contributed by atoms with Crippen molar-refractivity contribution in [3.63, 3.8) is 0 Å². The molecule has 1 fully saturated rings. The fourth-order valence-corrected chi connectivity index (χ4v) is 3.45. The molecular weight excluding hydrogens is 292 g/mol. The molecule has 21 heavy (non-hydrogen) atoms. The molecule has 1 aliphatic carbocycles. The quantitative estimate of drug-likeness (QED) is 0.858. The van der Waals surface area contributed by atoms with E-state index >= 15 is 0 Å². The van der Waals surface area contributed by atoms with Gasteiger partial charge in [0.25, 0.3) is 10.0 Å². The summed E-state index contributed by atoms with van der Waals surface area (Å²) in [6, 6.07) is 2.82. The summed E-state index contributed by atoms with van der Waals surface area (Å²) < 4.78 is 31.4. The first-order valence-electron chi connectivity index (χ1n) is 7.09. The molecule has 6 nitrogen and oxygen atoms in total. The average Bonchev–Trinajstić information content (AvgIpc) is 2.76. The molecule has 1 aromatic heterocycles. The van der Waals surface area contributed by atoms with Crippen LogP contribution < -0.4 is 9.46 Å². The largest absolute Gasteiger partial charge is 0.481 e. The summed E-state index contributed by atoms with van der Waals surface area (Å²) in [5, 5.41) is 0. The monoisotopic (exact) mass is 312 g/mol. The molecule has 1 aliphatic rings. The van der Waals surface area contributed by atoms with E-state index in [4.69, 9.17) is 4.74 Å². The summed E-state index contributed by atoms with van der Waals surface area (Å²) >= 11 is 0. The van der Waals surface area contributed by atoms with Crippen molar-refractivity contribution in [2.75, 3.05) is 7.11 Å². The molecule has 116 valence electrons. The Hall–Kier alpha value is -1.63. The smallest absolute Gasteiger partial charge is 0.265 e. The maximum Gasteiger partial charge on any atom is 0.265 e. The van der Waals surface area contributed by atoms with Gasteiger partial charge in [0.1, 0.15) is 4.90 Å². The number of sulfonamides is 1. The minimum absolute atomic E-state index is 0.0368. The van der Waals surface area contributed by atoms with Crippen LogP contribution in [0.25, 0.3) is 0 Å². The van der Waals surface area contributed by atoms with Gasteiger partial charge >= 0.3 is 0 Å². The standard InChI is InChI=1S/C14H20N2O4S/c1-20-13-9-8-12(10-15-13)21(18,19)16-14(17)11-6-4-2-3-5-7-11/h8-11H,2-7H2,1H3,(H,16,17). The van der Waals surface area contributed by atoms with Gasteiger partial charge in [-0.1, -0.05) is 25.7 Å². The summed E-state index contributed by atoms with van der Waals surface area (Å²) in [4.78, 5) is 15.9. The number of amides is 1. The zero-order chi connectivity index (χ0) is 15.3. The Kier molecular flexibility index (Phi) is 5.17. The summed E-state index contributed by atoms with van der Waals surface area (Å²) in [5.41, 5.74) is 0. The first-order valence-corrected chi connectivity index (χ1v) is 8.58. The first kappa shape index (κ1) is 15.8. The van der Waals surface area contributed by atoms with Gasteiger partial charge < -0.3 is 4.74 Å². The highest BCUT2D eigenvalue weighted by Gasteiger charge is 2.25. The van der Waals surface area contributed by atoms with Crippen LogP contribution >= 0.6 is 0 Å². The first-order chi connectivity index (χ1) is 10.0. The second-order valence-corrected chi connectivity index (χ2v) is 6.88. The lowest BCUT2D eigenvalue weighted by Crippen LogP contribution is -2.35. The Labute approximate surface area is 125 Å². The van der Waals surface area contributed by atoms with Crippen LogP contribution in [0.4, 0.5) is 0 Å². The number of carbonyl (C=O) groups excluding carboxylic acids is 1. The van der Waals surface area contributed by atoms with Crippen molar-refractivity contribution in [2.24, 2.45) is 5.92 Å². The molecule has 0 saturated heterocycles. The minimum atomic E-state index is -3.86. The van der Waals surface area contributed by atoms with Gasteiger partial charge in [0.05, 0.1) is 13.3 Å². The van der Waals surface area contributed by atoms with E-state index in [0.717, 1.165) is 38.5 Å². The van der Waals surface area contributed by atoms with E-state index in [1.807, 2.05) is 0 Å². The molecule has 2 rings (SSSR count). The van der Waals surface area contributed by atoms with E-state index in [-0.39, 0.29) is 10.8 Å². The van der Waals surface area contributed by atoms with Crippen molar-refractivity contribution < 1.29 is 17.9 Å². The second kappa shape index (κ2) is 6.89. The lowest BCUT2D eigenvalue weighted by molar-refractivity contribution is -0.123. The topological polar surface area (TPSA) is 85.4 Å². The molecule has 0 atom stereocenters. The number of pyridine rings is 1. The van der Waals surface area contributed by atoms with E-state index in [1.54, 1.807) is 0 Å². The van der Waals surface area contributed by atoms with Gasteiger partial charge in [0.2, 0.25) is 11.8 Å². The van der Waals surface area contributed by atoms with E-state index in [1.165, 1.54) is 25.4 Å². The predicted molar refractivity (Wildman–Crippen MR) is 77.3 cm³/mol. The number of carbonyl (C=O) groups is 1. The third-order valence-corrected chi connectivity index (χ3v) is 5.02. The van der Waals surface area contributed by atoms with Gasteiger partial charge in [-0.15, -0.1) is 0 Å². The summed E-state index contributed by atoms with van der Waals surface area (Å²) in [5.74, 6) is -0.301. The van der Waals surface area contributed by atoms with Crippen molar-refractivity contribution in [1.29, 1.82) is 0 Å². The number of rotatable bonds is 4.